The van der Waals surface area contributed by atoms with E-state index in [1.807, 2.05) is 0 Å². The van der Waals surface area contributed by atoms with Gasteiger partial charge >= 0.3 is 6.03 Å². The van der Waals surface area contributed by atoms with Gasteiger partial charge in [-0.25, -0.2) is 9.18 Å². The molecule has 3 amide bonds. The van der Waals surface area contributed by atoms with Crippen LogP contribution in [0.25, 0.3) is 11.3 Å². The number of nitrogens with two attached hydrogens (primary N) is 2. The minimum absolute atomic E-state index is 0.0809. The van der Waals surface area contributed by atoms with E-state index in [1.165, 1.54) is 23.1 Å². The van der Waals surface area contributed by atoms with Crippen molar-refractivity contribution >= 4 is 23.5 Å². The van der Waals surface area contributed by atoms with E-state index < -0.39 is 17.8 Å². The second kappa shape index (κ2) is 5.54. The highest BCUT2D eigenvalue weighted by atomic mass is 35.5. The first-order valence-corrected chi connectivity index (χ1v) is 7.15. The van der Waals surface area contributed by atoms with Crippen LogP contribution in [-0.4, -0.2) is 33.2 Å². The molecule has 2 heterocycles. The Balaban J connectivity index is 2.14. The summed E-state index contributed by atoms with van der Waals surface area (Å²) in [5.41, 5.74) is 12.2. The molecular weight excluding hydrogens is 325 g/mol. The van der Waals surface area contributed by atoms with E-state index in [4.69, 9.17) is 23.1 Å². The number of urea groups is 1. The molecule has 0 saturated heterocycles. The number of rotatable bonds is 2. The van der Waals surface area contributed by atoms with Gasteiger partial charge in [0, 0.05) is 12.1 Å². The van der Waals surface area contributed by atoms with Gasteiger partial charge in [0.05, 0.1) is 29.4 Å². The normalized spacial score (nSPS) is 13.7. The van der Waals surface area contributed by atoms with E-state index in [0.717, 1.165) is 0 Å². The van der Waals surface area contributed by atoms with Crippen molar-refractivity contribution in [3.05, 3.63) is 40.3 Å². The van der Waals surface area contributed by atoms with E-state index in [0.29, 0.717) is 30.0 Å². The number of carbonyl (C=O) groups is 2. The lowest BCUT2D eigenvalue weighted by Crippen LogP contribution is -2.42. The molecule has 120 valence electrons. The first-order valence-electron chi connectivity index (χ1n) is 6.77. The van der Waals surface area contributed by atoms with E-state index in [1.54, 1.807) is 4.68 Å². The van der Waals surface area contributed by atoms with Crippen LogP contribution in [-0.2, 0) is 13.1 Å². The Morgan fingerprint density at radius 3 is 2.61 bits per heavy atom. The van der Waals surface area contributed by atoms with Gasteiger partial charge in [0.2, 0.25) is 0 Å². The lowest BCUT2D eigenvalue weighted by atomic mass is 10.0. The van der Waals surface area contributed by atoms with Crippen LogP contribution in [0.2, 0.25) is 5.02 Å². The van der Waals surface area contributed by atoms with Crippen LogP contribution < -0.4 is 11.5 Å². The molecule has 1 aromatic carbocycles. The SMILES string of the molecule is NC(=O)c1c(-c2ccc(F)c(Cl)c2)nn2c1CN(C(N)=O)CC2. The summed E-state index contributed by atoms with van der Waals surface area (Å²) in [7, 11) is 0. The Morgan fingerprint density at radius 2 is 2.00 bits per heavy atom. The molecular formula is C14H13ClFN5O2. The van der Waals surface area contributed by atoms with Gasteiger partial charge < -0.3 is 16.4 Å². The number of nitrogens with zero attached hydrogens (tertiary/aromatic N) is 3. The smallest absolute Gasteiger partial charge is 0.315 e. The van der Waals surface area contributed by atoms with Crippen LogP contribution in [0.4, 0.5) is 9.18 Å². The van der Waals surface area contributed by atoms with Crippen molar-refractivity contribution < 1.29 is 14.0 Å². The van der Waals surface area contributed by atoms with Crippen LogP contribution in [0.3, 0.4) is 0 Å². The largest absolute Gasteiger partial charge is 0.365 e. The highest BCUT2D eigenvalue weighted by Crippen LogP contribution is 2.30. The van der Waals surface area contributed by atoms with E-state index in [9.17, 15) is 14.0 Å². The molecule has 0 aliphatic carbocycles. The molecule has 1 aromatic heterocycles. The molecule has 0 unspecified atom stereocenters. The predicted molar refractivity (Wildman–Crippen MR) is 81.1 cm³/mol. The highest BCUT2D eigenvalue weighted by Gasteiger charge is 2.29. The number of aromatic nitrogens is 2. The predicted octanol–water partition coefficient (Wildman–Crippen LogP) is 1.34. The van der Waals surface area contributed by atoms with Crippen molar-refractivity contribution in [2.45, 2.75) is 13.1 Å². The van der Waals surface area contributed by atoms with Gasteiger partial charge in [-0.15, -0.1) is 0 Å². The number of carbonyl (C=O) groups excluding carboxylic acids is 2. The fourth-order valence-corrected chi connectivity index (χ4v) is 2.79. The van der Waals surface area contributed by atoms with Gasteiger partial charge in [-0.3, -0.25) is 9.48 Å². The van der Waals surface area contributed by atoms with Crippen molar-refractivity contribution in [2.75, 3.05) is 6.54 Å². The number of benzene rings is 1. The molecule has 0 atom stereocenters. The Labute approximate surface area is 135 Å². The molecule has 4 N–H and O–H groups in total. The van der Waals surface area contributed by atoms with Gasteiger partial charge in [0.1, 0.15) is 11.5 Å². The summed E-state index contributed by atoms with van der Waals surface area (Å²) in [6, 6.07) is 3.45. The topological polar surface area (TPSA) is 107 Å². The number of halogens is 2. The summed E-state index contributed by atoms with van der Waals surface area (Å²) < 4.78 is 14.9. The van der Waals surface area contributed by atoms with Crippen LogP contribution in [0.5, 0.6) is 0 Å². The fourth-order valence-electron chi connectivity index (χ4n) is 2.61. The van der Waals surface area contributed by atoms with E-state index >= 15 is 0 Å². The minimum Gasteiger partial charge on any atom is -0.365 e. The molecule has 9 heteroatoms. The quantitative estimate of drug-likeness (QED) is 0.863. The van der Waals surface area contributed by atoms with Crippen molar-refractivity contribution in [1.82, 2.24) is 14.7 Å². The molecule has 2 aromatic rings. The van der Waals surface area contributed by atoms with Gasteiger partial charge in [0.25, 0.3) is 5.91 Å². The van der Waals surface area contributed by atoms with Gasteiger partial charge in [-0.1, -0.05) is 11.6 Å². The average Bonchev–Trinajstić information content (AvgIpc) is 2.88. The first kappa shape index (κ1) is 15.3. The maximum atomic E-state index is 13.3. The third kappa shape index (κ3) is 2.61. The van der Waals surface area contributed by atoms with Gasteiger partial charge in [0.15, 0.2) is 0 Å². The fraction of sp³-hybridized carbons (Fsp3) is 0.214. The van der Waals surface area contributed by atoms with Gasteiger partial charge in [-0.05, 0) is 18.2 Å². The maximum Gasteiger partial charge on any atom is 0.315 e. The van der Waals surface area contributed by atoms with Crippen LogP contribution in [0.15, 0.2) is 18.2 Å². The van der Waals surface area contributed by atoms with Crippen molar-refractivity contribution in [1.29, 1.82) is 0 Å². The van der Waals surface area contributed by atoms with Crippen LogP contribution in [0, 0.1) is 5.82 Å². The summed E-state index contributed by atoms with van der Waals surface area (Å²) in [4.78, 5) is 24.6. The van der Waals surface area contributed by atoms with Crippen molar-refractivity contribution in [3.63, 3.8) is 0 Å². The van der Waals surface area contributed by atoms with Gasteiger partial charge in [-0.2, -0.15) is 5.10 Å². The Bertz CT molecular complexity index is 820. The number of hydrogen-bond acceptors (Lipinski definition) is 3. The second-order valence-corrected chi connectivity index (χ2v) is 5.55. The van der Waals surface area contributed by atoms with Crippen LogP contribution in [0.1, 0.15) is 16.1 Å². The molecule has 1 aliphatic rings. The summed E-state index contributed by atoms with van der Waals surface area (Å²) >= 11 is 5.79. The average molecular weight is 338 g/mol. The van der Waals surface area contributed by atoms with Crippen molar-refractivity contribution in [2.24, 2.45) is 11.5 Å². The third-order valence-corrected chi connectivity index (χ3v) is 4.02. The lowest BCUT2D eigenvalue weighted by molar-refractivity contribution is 0.0997. The molecule has 0 fully saturated rings. The zero-order valence-corrected chi connectivity index (χ0v) is 12.7. The van der Waals surface area contributed by atoms with Crippen molar-refractivity contribution in [3.8, 4) is 11.3 Å². The molecule has 3 rings (SSSR count). The molecule has 0 radical (unpaired) electrons. The summed E-state index contributed by atoms with van der Waals surface area (Å²) in [5.74, 6) is -1.26. The molecule has 7 nitrogen and oxygen atoms in total. The Morgan fingerprint density at radius 1 is 1.26 bits per heavy atom. The second-order valence-electron chi connectivity index (χ2n) is 5.15. The number of hydrogen-bond donors (Lipinski definition) is 2. The highest BCUT2D eigenvalue weighted by molar-refractivity contribution is 6.31. The molecule has 23 heavy (non-hydrogen) atoms. The summed E-state index contributed by atoms with van der Waals surface area (Å²) in [6.07, 6.45) is 0. The third-order valence-electron chi connectivity index (χ3n) is 3.73. The van der Waals surface area contributed by atoms with E-state index in [-0.39, 0.29) is 17.1 Å². The van der Waals surface area contributed by atoms with E-state index in [2.05, 4.69) is 5.10 Å². The lowest BCUT2D eigenvalue weighted by Gasteiger charge is -2.26. The summed E-state index contributed by atoms with van der Waals surface area (Å²) in [6.45, 7) is 0.898. The Hall–Kier alpha value is -2.61. The zero-order valence-electron chi connectivity index (χ0n) is 11.9. The standard InChI is InChI=1S/C14H13ClFN5O2/c15-8-5-7(1-2-9(8)16)12-11(13(17)22)10-6-20(14(18)23)3-4-21(10)19-12/h1-2,5H,3-4,6H2,(H2,17,22)(H2,18,23). The monoisotopic (exact) mass is 337 g/mol. The molecule has 0 saturated carbocycles. The Kier molecular flexibility index (Phi) is 3.69. The first-order chi connectivity index (χ1) is 10.9. The maximum absolute atomic E-state index is 13.3. The molecule has 1 aliphatic heterocycles. The molecule has 0 spiro atoms. The molecule has 0 bridgehead atoms. The van der Waals surface area contributed by atoms with Crippen LogP contribution >= 0.6 is 11.6 Å². The number of fused-ring (bicyclic) bond motifs is 1. The zero-order chi connectivity index (χ0) is 16.7. The number of primary amides is 2. The number of amides is 3. The summed E-state index contributed by atoms with van der Waals surface area (Å²) in [5, 5.41) is 4.28. The minimum atomic E-state index is -0.687.